The highest BCUT2D eigenvalue weighted by Gasteiger charge is 2.30. The average Bonchev–Trinajstić information content (AvgIpc) is 2.70. The molecule has 2 aromatic rings. The lowest BCUT2D eigenvalue weighted by molar-refractivity contribution is 0.319. The van der Waals surface area contributed by atoms with Gasteiger partial charge in [0.25, 0.3) is 10.1 Å². The molecule has 4 nitrogen and oxygen atoms in total. The second kappa shape index (κ2) is 10.0. The van der Waals surface area contributed by atoms with Gasteiger partial charge in [0.2, 0.25) is 0 Å². The Balaban J connectivity index is 2.12. The highest BCUT2D eigenvalue weighted by molar-refractivity contribution is 7.99. The Morgan fingerprint density at radius 1 is 0.931 bits per heavy atom. The van der Waals surface area contributed by atoms with E-state index < -0.39 is 10.1 Å². The molecule has 1 heterocycles. The monoisotopic (exact) mass is 433 g/mol. The third kappa shape index (κ3) is 5.36. The number of benzene rings is 2. The van der Waals surface area contributed by atoms with Crippen LogP contribution in [0, 0.1) is 0 Å². The Morgan fingerprint density at radius 3 is 2.38 bits per heavy atom. The van der Waals surface area contributed by atoms with Crippen LogP contribution in [0.1, 0.15) is 64.0 Å². The minimum atomic E-state index is -3.66. The summed E-state index contributed by atoms with van der Waals surface area (Å²) in [5.41, 5.74) is 4.18. The molecular formula is C23H31NO3S2. The number of rotatable bonds is 10. The van der Waals surface area contributed by atoms with E-state index >= 15 is 0 Å². The molecule has 0 bridgehead atoms. The second-order valence-corrected chi connectivity index (χ2v) is 10.2. The third-order valence-corrected chi connectivity index (χ3v) is 7.51. The maximum Gasteiger partial charge on any atom is 0.288 e. The molecular weight excluding hydrogens is 402 g/mol. The SMILES string of the molecule is CCCCc1cc(CCCC)c2c(c1)N(OS(=O)(=O)CCC)c1ccccc1S2. The third-order valence-electron chi connectivity index (χ3n) is 4.98. The zero-order valence-corrected chi connectivity index (χ0v) is 19.2. The first-order valence-corrected chi connectivity index (χ1v) is 13.0. The number of hydrogen-bond acceptors (Lipinski definition) is 5. The van der Waals surface area contributed by atoms with Crippen LogP contribution in [0.15, 0.2) is 46.2 Å². The summed E-state index contributed by atoms with van der Waals surface area (Å²) in [5, 5.41) is 1.55. The molecule has 3 rings (SSSR count). The van der Waals surface area contributed by atoms with Crippen molar-refractivity contribution in [2.24, 2.45) is 0 Å². The number of hydrogen-bond donors (Lipinski definition) is 0. The molecule has 29 heavy (non-hydrogen) atoms. The van der Waals surface area contributed by atoms with Crippen molar-refractivity contribution in [2.45, 2.75) is 75.5 Å². The van der Waals surface area contributed by atoms with Crippen LogP contribution in [-0.2, 0) is 27.2 Å². The Hall–Kier alpha value is -1.50. The standard InChI is InChI=1S/C23H31NO3S2/c1-4-7-11-18-16-19(12-8-5-2)23-21(17-18)24(27-29(25,26)15-6-3)20-13-9-10-14-22(20)28-23/h9-10,13-14,16-17H,4-8,11-12,15H2,1-3H3. The van der Waals surface area contributed by atoms with Gasteiger partial charge in [0.1, 0.15) is 0 Å². The smallest absolute Gasteiger partial charge is 0.202 e. The van der Waals surface area contributed by atoms with Gasteiger partial charge in [-0.05, 0) is 61.4 Å². The van der Waals surface area contributed by atoms with E-state index in [1.54, 1.807) is 16.8 Å². The van der Waals surface area contributed by atoms with E-state index in [0.29, 0.717) is 6.42 Å². The largest absolute Gasteiger partial charge is 0.288 e. The van der Waals surface area contributed by atoms with Gasteiger partial charge in [-0.1, -0.05) is 63.6 Å². The summed E-state index contributed by atoms with van der Waals surface area (Å²) in [6, 6.07) is 12.3. The fourth-order valence-electron chi connectivity index (χ4n) is 3.52. The number of nitrogens with zero attached hydrogens (tertiary/aromatic N) is 1. The molecule has 1 aliphatic heterocycles. The highest BCUT2D eigenvalue weighted by atomic mass is 32.2. The van der Waals surface area contributed by atoms with Gasteiger partial charge >= 0.3 is 0 Å². The predicted octanol–water partition coefficient (Wildman–Crippen LogP) is 6.65. The van der Waals surface area contributed by atoms with Gasteiger partial charge in [0, 0.05) is 9.79 Å². The van der Waals surface area contributed by atoms with Crippen molar-refractivity contribution in [1.29, 1.82) is 0 Å². The lowest BCUT2D eigenvalue weighted by atomic mass is 10.0. The molecule has 0 saturated carbocycles. The molecule has 158 valence electrons. The van der Waals surface area contributed by atoms with Crippen molar-refractivity contribution in [3.8, 4) is 0 Å². The summed E-state index contributed by atoms with van der Waals surface area (Å²) in [4.78, 5) is 2.13. The van der Waals surface area contributed by atoms with Gasteiger partial charge in [0.05, 0.1) is 17.1 Å². The van der Waals surface area contributed by atoms with Crippen LogP contribution in [0.2, 0.25) is 0 Å². The molecule has 0 fully saturated rings. The van der Waals surface area contributed by atoms with Crippen LogP contribution in [-0.4, -0.2) is 14.2 Å². The lowest BCUT2D eigenvalue weighted by Crippen LogP contribution is -2.27. The summed E-state index contributed by atoms with van der Waals surface area (Å²) in [6.45, 7) is 6.23. The number of anilines is 2. The van der Waals surface area contributed by atoms with Gasteiger partial charge in [-0.3, -0.25) is 0 Å². The summed E-state index contributed by atoms with van der Waals surface area (Å²) in [5.74, 6) is 0.00631. The van der Waals surface area contributed by atoms with Crippen LogP contribution in [0.3, 0.4) is 0 Å². The first kappa shape index (κ1) is 22.2. The molecule has 0 radical (unpaired) electrons. The van der Waals surface area contributed by atoms with E-state index in [0.717, 1.165) is 59.7 Å². The van der Waals surface area contributed by atoms with Gasteiger partial charge in [-0.2, -0.15) is 8.42 Å². The predicted molar refractivity (Wildman–Crippen MR) is 122 cm³/mol. The molecule has 6 heteroatoms. The van der Waals surface area contributed by atoms with Crippen LogP contribution < -0.4 is 5.06 Å². The Bertz CT molecular complexity index is 941. The fraction of sp³-hybridized carbons (Fsp3) is 0.478. The van der Waals surface area contributed by atoms with Crippen molar-refractivity contribution < 1.29 is 12.7 Å². The minimum absolute atomic E-state index is 0.00631. The first-order chi connectivity index (χ1) is 14.0. The molecule has 0 N–H and O–H groups in total. The molecule has 0 atom stereocenters. The molecule has 0 unspecified atom stereocenters. The van der Waals surface area contributed by atoms with Crippen molar-refractivity contribution in [3.05, 3.63) is 47.5 Å². The molecule has 0 amide bonds. The Labute approximate surface area is 179 Å². The average molecular weight is 434 g/mol. The number of fused-ring (bicyclic) bond motifs is 2. The fourth-order valence-corrected chi connectivity index (χ4v) is 5.64. The number of aryl methyl sites for hydroxylation is 2. The van der Waals surface area contributed by atoms with E-state index in [4.69, 9.17) is 4.28 Å². The maximum absolute atomic E-state index is 12.6. The zero-order chi connectivity index (χ0) is 20.9. The quantitative estimate of drug-likeness (QED) is 0.420. The molecule has 0 spiro atoms. The first-order valence-electron chi connectivity index (χ1n) is 10.6. The van der Waals surface area contributed by atoms with Crippen molar-refractivity contribution in [1.82, 2.24) is 0 Å². The summed E-state index contributed by atoms with van der Waals surface area (Å²) in [7, 11) is -3.66. The summed E-state index contributed by atoms with van der Waals surface area (Å²) < 4.78 is 30.8. The van der Waals surface area contributed by atoms with Crippen LogP contribution in [0.4, 0.5) is 11.4 Å². The molecule has 2 aromatic carbocycles. The van der Waals surface area contributed by atoms with Gasteiger partial charge in [-0.15, -0.1) is 4.28 Å². The van der Waals surface area contributed by atoms with E-state index in [1.807, 2.05) is 31.2 Å². The second-order valence-electron chi connectivity index (χ2n) is 7.51. The highest BCUT2D eigenvalue weighted by Crippen LogP contribution is 2.50. The number of unbranched alkanes of at least 4 members (excludes halogenated alkanes) is 2. The van der Waals surface area contributed by atoms with E-state index in [-0.39, 0.29) is 5.75 Å². The topological polar surface area (TPSA) is 46.6 Å². The van der Waals surface area contributed by atoms with E-state index in [1.165, 1.54) is 11.1 Å². The van der Waals surface area contributed by atoms with Crippen molar-refractivity contribution in [2.75, 3.05) is 10.8 Å². The van der Waals surface area contributed by atoms with Crippen LogP contribution >= 0.6 is 11.8 Å². The van der Waals surface area contributed by atoms with E-state index in [2.05, 4.69) is 26.0 Å². The molecule has 1 aliphatic rings. The molecule has 0 aromatic heterocycles. The zero-order valence-electron chi connectivity index (χ0n) is 17.6. The van der Waals surface area contributed by atoms with Crippen LogP contribution in [0.5, 0.6) is 0 Å². The summed E-state index contributed by atoms with van der Waals surface area (Å²) >= 11 is 1.72. The van der Waals surface area contributed by atoms with Gasteiger partial charge in [0.15, 0.2) is 0 Å². The van der Waals surface area contributed by atoms with Crippen LogP contribution in [0.25, 0.3) is 0 Å². The molecule has 0 aliphatic carbocycles. The van der Waals surface area contributed by atoms with Crippen molar-refractivity contribution >= 4 is 33.3 Å². The normalized spacial score (nSPS) is 13.3. The summed E-state index contributed by atoms with van der Waals surface area (Å²) in [6.07, 6.45) is 6.99. The Morgan fingerprint density at radius 2 is 1.66 bits per heavy atom. The number of para-hydroxylation sites is 1. The Kier molecular flexibility index (Phi) is 7.66. The molecule has 0 saturated heterocycles. The van der Waals surface area contributed by atoms with E-state index in [9.17, 15) is 8.42 Å². The minimum Gasteiger partial charge on any atom is -0.202 e. The van der Waals surface area contributed by atoms with Gasteiger partial charge in [-0.25, -0.2) is 5.06 Å². The van der Waals surface area contributed by atoms with Crippen molar-refractivity contribution in [3.63, 3.8) is 0 Å². The lowest BCUT2D eigenvalue weighted by Gasteiger charge is -2.32. The maximum atomic E-state index is 12.6. The van der Waals surface area contributed by atoms with Gasteiger partial charge < -0.3 is 0 Å².